The van der Waals surface area contributed by atoms with E-state index in [1.54, 1.807) is 4.57 Å². The highest BCUT2D eigenvalue weighted by Gasteiger charge is 2.36. The minimum Gasteiger partial charge on any atom is -0.395 e. The summed E-state index contributed by atoms with van der Waals surface area (Å²) in [5.74, 6) is 0.423. The van der Waals surface area contributed by atoms with Crippen molar-refractivity contribution in [1.82, 2.24) is 19.5 Å². The van der Waals surface area contributed by atoms with Gasteiger partial charge < -0.3 is 26.0 Å². The van der Waals surface area contributed by atoms with E-state index in [4.69, 9.17) is 20.7 Å². The van der Waals surface area contributed by atoms with Crippen molar-refractivity contribution in [3.63, 3.8) is 0 Å². The number of anilines is 2. The molecule has 10 heteroatoms. The molecule has 1 saturated heterocycles. The molecule has 0 amide bonds. The van der Waals surface area contributed by atoms with E-state index < -0.39 is 18.5 Å². The van der Waals surface area contributed by atoms with Crippen LogP contribution < -0.4 is 11.1 Å². The molecule has 2 aromatic rings. The van der Waals surface area contributed by atoms with Crippen LogP contribution in [0.4, 0.5) is 16.2 Å². The highest BCUT2D eigenvalue weighted by molar-refractivity contribution is 5.84. The first kappa shape index (κ1) is 14.9. The van der Waals surface area contributed by atoms with Gasteiger partial charge in [-0.15, -0.1) is 0 Å². The van der Waals surface area contributed by atoms with Crippen LogP contribution >= 0.6 is 0 Å². The van der Waals surface area contributed by atoms with Gasteiger partial charge in [0.25, 0.3) is 0 Å². The van der Waals surface area contributed by atoms with Crippen LogP contribution in [-0.4, -0.2) is 61.8 Å². The van der Waals surface area contributed by atoms with Gasteiger partial charge in [0.05, 0.1) is 19.5 Å². The molecule has 3 rings (SSSR count). The maximum Gasteiger partial charge on any atom is 0.224 e. The quantitative estimate of drug-likeness (QED) is 0.577. The zero-order chi connectivity index (χ0) is 15.7. The monoisotopic (exact) mass is 312 g/mol. The van der Waals surface area contributed by atoms with Crippen molar-refractivity contribution in [1.29, 1.82) is 0 Å². The van der Waals surface area contributed by atoms with E-state index in [1.165, 1.54) is 6.33 Å². The van der Waals surface area contributed by atoms with E-state index in [2.05, 4.69) is 20.3 Å². The maximum absolute atomic E-state index is 13.7. The second-order valence-corrected chi connectivity index (χ2v) is 4.97. The number of imidazole rings is 1. The van der Waals surface area contributed by atoms with Gasteiger partial charge in [-0.3, -0.25) is 4.57 Å². The predicted molar refractivity (Wildman–Crippen MR) is 75.8 cm³/mol. The van der Waals surface area contributed by atoms with Crippen LogP contribution in [0.5, 0.6) is 0 Å². The molecule has 9 nitrogen and oxygen atoms in total. The topological polar surface area (TPSA) is 131 Å². The van der Waals surface area contributed by atoms with E-state index in [9.17, 15) is 4.39 Å². The molecular weight excluding hydrogens is 295 g/mol. The Balaban J connectivity index is 1.96. The molecule has 3 heterocycles. The molecule has 0 saturated carbocycles. The lowest BCUT2D eigenvalue weighted by atomic mass is 10.2. The number of alkyl halides is 1. The molecule has 0 radical (unpaired) electrons. The maximum atomic E-state index is 13.7. The van der Waals surface area contributed by atoms with Crippen molar-refractivity contribution in [2.45, 2.75) is 24.9 Å². The summed E-state index contributed by atoms with van der Waals surface area (Å²) < 4.78 is 20.8. The normalized spacial score (nSPS) is 25.0. The fourth-order valence-corrected chi connectivity index (χ4v) is 2.47. The summed E-state index contributed by atoms with van der Waals surface area (Å²) in [6, 6.07) is 0. The van der Waals surface area contributed by atoms with E-state index in [0.717, 1.165) is 0 Å². The number of fused-ring (bicyclic) bond motifs is 1. The van der Waals surface area contributed by atoms with E-state index in [0.29, 0.717) is 17.0 Å². The summed E-state index contributed by atoms with van der Waals surface area (Å²) in [7, 11) is 0. The third-order valence-electron chi connectivity index (χ3n) is 3.50. The Morgan fingerprint density at radius 3 is 2.95 bits per heavy atom. The number of aromatic nitrogens is 4. The first-order valence-electron chi connectivity index (χ1n) is 6.89. The van der Waals surface area contributed by atoms with E-state index >= 15 is 0 Å². The second kappa shape index (κ2) is 5.99. The Kier molecular flexibility index (Phi) is 4.05. The van der Waals surface area contributed by atoms with Crippen LogP contribution in [-0.2, 0) is 4.74 Å². The molecule has 120 valence electrons. The summed E-state index contributed by atoms with van der Waals surface area (Å²) in [6.07, 6.45) is -1.15. The molecule has 1 aliphatic heterocycles. The molecule has 0 aliphatic carbocycles. The molecule has 2 aromatic heterocycles. The fraction of sp³-hybridized carbons (Fsp3) is 0.583. The molecular formula is C12H17FN6O3. The third-order valence-corrected chi connectivity index (χ3v) is 3.50. The van der Waals surface area contributed by atoms with Crippen molar-refractivity contribution in [3.8, 4) is 0 Å². The summed E-state index contributed by atoms with van der Waals surface area (Å²) in [5, 5.41) is 20.9. The number of nitrogens with one attached hydrogen (secondary N) is 1. The van der Waals surface area contributed by atoms with Crippen LogP contribution in [0.1, 0.15) is 12.6 Å². The highest BCUT2D eigenvalue weighted by atomic mass is 19.1. The lowest BCUT2D eigenvalue weighted by Gasteiger charge is -2.13. The number of rotatable bonds is 5. The molecule has 0 unspecified atom stereocenters. The lowest BCUT2D eigenvalue weighted by molar-refractivity contribution is -0.0323. The fourth-order valence-electron chi connectivity index (χ4n) is 2.47. The van der Waals surface area contributed by atoms with Crippen molar-refractivity contribution >= 4 is 22.9 Å². The number of halogens is 1. The Hall–Kier alpha value is -2.04. The number of nitrogens with zero attached hydrogens (tertiary/aromatic N) is 4. The van der Waals surface area contributed by atoms with Crippen LogP contribution in [0.15, 0.2) is 6.33 Å². The Bertz CT molecular complexity index is 666. The number of nitrogen functional groups attached to an aromatic ring is 1. The number of aliphatic hydroxyl groups excluding tert-OH is 2. The number of hydrogen-bond acceptors (Lipinski definition) is 8. The number of ether oxygens (including phenoxy) is 1. The molecule has 0 spiro atoms. The first-order valence-corrected chi connectivity index (χ1v) is 6.89. The van der Waals surface area contributed by atoms with E-state index in [-0.39, 0.29) is 32.1 Å². The lowest BCUT2D eigenvalue weighted by Crippen LogP contribution is -2.21. The Morgan fingerprint density at radius 2 is 2.27 bits per heavy atom. The van der Waals surface area contributed by atoms with Gasteiger partial charge >= 0.3 is 0 Å². The minimum atomic E-state index is -1.25. The molecule has 22 heavy (non-hydrogen) atoms. The third kappa shape index (κ3) is 2.56. The average molecular weight is 312 g/mol. The smallest absolute Gasteiger partial charge is 0.224 e. The average Bonchev–Trinajstić information content (AvgIpc) is 3.07. The van der Waals surface area contributed by atoms with Crippen LogP contribution in [0.2, 0.25) is 0 Å². The molecule has 1 fully saturated rings. The van der Waals surface area contributed by atoms with Gasteiger partial charge in [-0.2, -0.15) is 9.97 Å². The first-order chi connectivity index (χ1) is 10.6. The number of aliphatic hydroxyl groups is 2. The van der Waals surface area contributed by atoms with Gasteiger partial charge in [0.1, 0.15) is 18.5 Å². The van der Waals surface area contributed by atoms with Crippen molar-refractivity contribution in [2.75, 3.05) is 30.8 Å². The van der Waals surface area contributed by atoms with Crippen LogP contribution in [0, 0.1) is 0 Å². The van der Waals surface area contributed by atoms with Crippen molar-refractivity contribution in [3.05, 3.63) is 6.33 Å². The summed E-state index contributed by atoms with van der Waals surface area (Å²) in [5.41, 5.74) is 6.54. The largest absolute Gasteiger partial charge is 0.395 e. The Morgan fingerprint density at radius 1 is 1.45 bits per heavy atom. The summed E-state index contributed by atoms with van der Waals surface area (Å²) in [4.78, 5) is 12.4. The second-order valence-electron chi connectivity index (χ2n) is 4.97. The van der Waals surface area contributed by atoms with Crippen LogP contribution in [0.3, 0.4) is 0 Å². The van der Waals surface area contributed by atoms with Gasteiger partial charge in [0.15, 0.2) is 17.0 Å². The zero-order valence-electron chi connectivity index (χ0n) is 11.7. The number of hydrogen-bond donors (Lipinski definition) is 4. The molecule has 0 aromatic carbocycles. The number of nitrogens with two attached hydrogens (primary N) is 1. The molecule has 3 atom stereocenters. The standard InChI is InChI=1S/C12H17FN6O3/c13-6-3-8(22-7(6)4-21)19-5-16-9-10(15-1-2-20)17-12(14)18-11(9)19/h5-8,20-21H,1-4H2,(H3,14,15,17,18)/t6-,7+,8+/m0/s1. The van der Waals surface area contributed by atoms with Crippen molar-refractivity contribution < 1.29 is 19.3 Å². The Labute approximate surface area is 124 Å². The zero-order valence-corrected chi connectivity index (χ0v) is 11.7. The van der Waals surface area contributed by atoms with Gasteiger partial charge in [-0.25, -0.2) is 9.37 Å². The van der Waals surface area contributed by atoms with Crippen LogP contribution in [0.25, 0.3) is 11.2 Å². The highest BCUT2D eigenvalue weighted by Crippen LogP contribution is 2.33. The molecule has 5 N–H and O–H groups in total. The van der Waals surface area contributed by atoms with Gasteiger partial charge in [0.2, 0.25) is 5.95 Å². The summed E-state index contributed by atoms with van der Waals surface area (Å²) in [6.45, 7) is -0.165. The van der Waals surface area contributed by atoms with Gasteiger partial charge in [-0.1, -0.05) is 0 Å². The summed E-state index contributed by atoms with van der Waals surface area (Å²) >= 11 is 0. The predicted octanol–water partition coefficient (Wildman–Crippen LogP) is -0.569. The van der Waals surface area contributed by atoms with Gasteiger partial charge in [-0.05, 0) is 0 Å². The van der Waals surface area contributed by atoms with Gasteiger partial charge in [0, 0.05) is 13.0 Å². The molecule has 1 aliphatic rings. The molecule has 0 bridgehead atoms. The SMILES string of the molecule is Nc1nc(NCCO)c2ncn([C@H]3C[C@H](F)[C@@H](CO)O3)c2n1. The van der Waals surface area contributed by atoms with Crippen molar-refractivity contribution in [2.24, 2.45) is 0 Å². The minimum absolute atomic E-state index is 0.0307. The van der Waals surface area contributed by atoms with E-state index in [1.807, 2.05) is 0 Å².